The molecule has 0 aliphatic carbocycles. The van der Waals surface area contributed by atoms with Gasteiger partial charge in [-0.1, -0.05) is 12.1 Å². The van der Waals surface area contributed by atoms with E-state index >= 15 is 0 Å². The van der Waals surface area contributed by atoms with Crippen LogP contribution in [0.4, 0.5) is 5.69 Å². The van der Waals surface area contributed by atoms with Crippen LogP contribution in [0.15, 0.2) is 42.6 Å². The summed E-state index contributed by atoms with van der Waals surface area (Å²) in [5.74, 6) is 2.40. The van der Waals surface area contributed by atoms with Crippen molar-refractivity contribution in [2.24, 2.45) is 0 Å². The molecule has 0 atom stereocenters. The average Bonchev–Trinajstić information content (AvgIpc) is 3.08. The van der Waals surface area contributed by atoms with Crippen molar-refractivity contribution >= 4 is 5.69 Å². The molecular weight excluding hydrogens is 378 g/mol. The Hall–Kier alpha value is -3.06. The lowest BCUT2D eigenvalue weighted by molar-refractivity contribution is 0.249. The fourth-order valence-corrected chi connectivity index (χ4v) is 4.16. The Morgan fingerprint density at radius 3 is 2.37 bits per heavy atom. The molecule has 158 valence electrons. The van der Waals surface area contributed by atoms with Gasteiger partial charge in [0, 0.05) is 38.9 Å². The number of methoxy groups -OCH3 is 2. The van der Waals surface area contributed by atoms with Crippen LogP contribution in [-0.4, -0.2) is 60.1 Å². The minimum Gasteiger partial charge on any atom is -0.493 e. The summed E-state index contributed by atoms with van der Waals surface area (Å²) in [6.07, 6.45) is 1.80. The van der Waals surface area contributed by atoms with E-state index in [9.17, 15) is 0 Å². The number of benzene rings is 1. The maximum Gasteiger partial charge on any atom is 0.161 e. The maximum atomic E-state index is 5.44. The Kier molecular flexibility index (Phi) is 5.90. The van der Waals surface area contributed by atoms with Gasteiger partial charge in [0.15, 0.2) is 17.3 Å². The molecule has 4 rings (SSSR count). The third kappa shape index (κ3) is 3.98. The van der Waals surface area contributed by atoms with Crippen LogP contribution in [0.2, 0.25) is 0 Å². The molecule has 1 fully saturated rings. The number of piperazine rings is 1. The van der Waals surface area contributed by atoms with Crippen LogP contribution in [-0.2, 0) is 6.54 Å². The van der Waals surface area contributed by atoms with E-state index in [4.69, 9.17) is 14.6 Å². The number of rotatable bonds is 6. The molecule has 0 unspecified atom stereocenters. The van der Waals surface area contributed by atoms with Crippen LogP contribution < -0.4 is 14.4 Å². The number of hydrogen-bond donors (Lipinski definition) is 0. The largest absolute Gasteiger partial charge is 0.493 e. The van der Waals surface area contributed by atoms with Gasteiger partial charge in [-0.25, -0.2) is 9.67 Å². The smallest absolute Gasteiger partial charge is 0.161 e. The molecule has 30 heavy (non-hydrogen) atoms. The summed E-state index contributed by atoms with van der Waals surface area (Å²) >= 11 is 0. The van der Waals surface area contributed by atoms with E-state index < -0.39 is 0 Å². The monoisotopic (exact) mass is 407 g/mol. The summed E-state index contributed by atoms with van der Waals surface area (Å²) in [4.78, 5) is 9.37. The first kappa shape index (κ1) is 20.2. The Morgan fingerprint density at radius 1 is 0.933 bits per heavy atom. The van der Waals surface area contributed by atoms with Crippen LogP contribution in [0.3, 0.4) is 0 Å². The van der Waals surface area contributed by atoms with Gasteiger partial charge < -0.3 is 14.4 Å². The Labute approximate surface area is 177 Å². The summed E-state index contributed by atoms with van der Waals surface area (Å²) < 4.78 is 12.7. The van der Waals surface area contributed by atoms with E-state index in [0.29, 0.717) is 0 Å². The number of aryl methyl sites for hydroxylation is 1. The van der Waals surface area contributed by atoms with E-state index in [2.05, 4.69) is 40.8 Å². The molecule has 1 saturated heterocycles. The lowest BCUT2D eigenvalue weighted by Crippen LogP contribution is -2.46. The van der Waals surface area contributed by atoms with Gasteiger partial charge >= 0.3 is 0 Å². The summed E-state index contributed by atoms with van der Waals surface area (Å²) in [6, 6.07) is 12.1. The van der Waals surface area contributed by atoms with Crippen LogP contribution in [0.25, 0.3) is 5.82 Å². The highest BCUT2D eigenvalue weighted by Crippen LogP contribution is 2.29. The predicted molar refractivity (Wildman–Crippen MR) is 118 cm³/mol. The molecule has 7 nitrogen and oxygen atoms in total. The minimum atomic E-state index is 0.766. The normalized spacial score (nSPS) is 14.7. The van der Waals surface area contributed by atoms with E-state index in [1.807, 2.05) is 28.9 Å². The highest BCUT2D eigenvalue weighted by atomic mass is 16.5. The van der Waals surface area contributed by atoms with Crippen molar-refractivity contribution in [1.29, 1.82) is 0 Å². The van der Waals surface area contributed by atoms with E-state index in [1.54, 1.807) is 20.4 Å². The van der Waals surface area contributed by atoms with Gasteiger partial charge in [0.1, 0.15) is 0 Å². The van der Waals surface area contributed by atoms with Crippen molar-refractivity contribution in [3.63, 3.8) is 0 Å². The summed E-state index contributed by atoms with van der Waals surface area (Å²) in [5, 5.41) is 4.75. The highest BCUT2D eigenvalue weighted by Gasteiger charge is 2.23. The number of anilines is 1. The average molecular weight is 408 g/mol. The second-order valence-electron chi connectivity index (χ2n) is 7.57. The molecule has 3 aromatic rings. The molecule has 0 amide bonds. The maximum absolute atomic E-state index is 5.44. The molecule has 1 aromatic carbocycles. The van der Waals surface area contributed by atoms with Crippen LogP contribution in [0.1, 0.15) is 17.0 Å². The fourth-order valence-electron chi connectivity index (χ4n) is 4.16. The third-order valence-corrected chi connectivity index (χ3v) is 5.66. The molecule has 0 bridgehead atoms. The molecule has 1 aliphatic heterocycles. The molecule has 3 heterocycles. The molecular formula is C23H29N5O2. The third-order valence-electron chi connectivity index (χ3n) is 5.66. The standard InChI is InChI=1S/C23H29N5O2/c1-17-23(18(2)28(25-17)22-7-5-6-10-24-22)27-13-11-26(12-14-27)16-19-8-9-20(29-3)21(15-19)30-4/h5-10,15H,11-14,16H2,1-4H3. The SMILES string of the molecule is COc1ccc(CN2CCN(c3c(C)nn(-c4ccccn4)c3C)CC2)cc1OC. The van der Waals surface area contributed by atoms with E-state index in [0.717, 1.165) is 61.4 Å². The zero-order chi connectivity index (χ0) is 21.1. The van der Waals surface area contributed by atoms with Crippen molar-refractivity contribution in [1.82, 2.24) is 19.7 Å². The molecule has 2 aromatic heterocycles. The van der Waals surface area contributed by atoms with Gasteiger partial charge in [-0.3, -0.25) is 4.90 Å². The first-order valence-electron chi connectivity index (χ1n) is 10.3. The van der Waals surface area contributed by atoms with Crippen molar-refractivity contribution in [3.8, 4) is 17.3 Å². The lowest BCUT2D eigenvalue weighted by atomic mass is 10.1. The molecule has 1 aliphatic rings. The van der Waals surface area contributed by atoms with Gasteiger partial charge in [-0.2, -0.15) is 5.10 Å². The summed E-state index contributed by atoms with van der Waals surface area (Å²) in [6.45, 7) is 9.06. The Morgan fingerprint density at radius 2 is 1.70 bits per heavy atom. The second kappa shape index (κ2) is 8.75. The summed E-state index contributed by atoms with van der Waals surface area (Å²) in [7, 11) is 3.34. The Bertz CT molecular complexity index is 994. The first-order valence-corrected chi connectivity index (χ1v) is 10.3. The summed E-state index contributed by atoms with van der Waals surface area (Å²) in [5.41, 5.74) is 4.65. The molecule has 0 radical (unpaired) electrons. The van der Waals surface area contributed by atoms with Crippen molar-refractivity contribution in [3.05, 3.63) is 59.5 Å². The van der Waals surface area contributed by atoms with Gasteiger partial charge in [-0.05, 0) is 43.7 Å². The number of ether oxygens (including phenoxy) is 2. The number of hydrogen-bond acceptors (Lipinski definition) is 6. The number of aromatic nitrogens is 3. The fraction of sp³-hybridized carbons (Fsp3) is 0.391. The van der Waals surface area contributed by atoms with E-state index in [1.165, 1.54) is 11.3 Å². The van der Waals surface area contributed by atoms with Gasteiger partial charge in [-0.15, -0.1) is 0 Å². The quantitative estimate of drug-likeness (QED) is 0.625. The van der Waals surface area contributed by atoms with Gasteiger partial charge in [0.2, 0.25) is 0 Å². The second-order valence-corrected chi connectivity index (χ2v) is 7.57. The van der Waals surface area contributed by atoms with Gasteiger partial charge in [0.25, 0.3) is 0 Å². The molecule has 0 N–H and O–H groups in total. The van der Waals surface area contributed by atoms with Crippen LogP contribution >= 0.6 is 0 Å². The number of pyridine rings is 1. The van der Waals surface area contributed by atoms with Gasteiger partial charge in [0.05, 0.1) is 31.3 Å². The van der Waals surface area contributed by atoms with Crippen molar-refractivity contribution in [2.75, 3.05) is 45.3 Å². The number of nitrogens with zero attached hydrogens (tertiary/aromatic N) is 5. The first-order chi connectivity index (χ1) is 14.6. The topological polar surface area (TPSA) is 55.7 Å². The van der Waals surface area contributed by atoms with Crippen LogP contribution in [0.5, 0.6) is 11.5 Å². The van der Waals surface area contributed by atoms with Crippen LogP contribution in [0, 0.1) is 13.8 Å². The van der Waals surface area contributed by atoms with E-state index in [-0.39, 0.29) is 0 Å². The lowest BCUT2D eigenvalue weighted by Gasteiger charge is -2.36. The predicted octanol–water partition coefficient (Wildman–Crippen LogP) is 3.22. The minimum absolute atomic E-state index is 0.766. The highest BCUT2D eigenvalue weighted by molar-refractivity contribution is 5.56. The zero-order valence-electron chi connectivity index (χ0n) is 18.1. The Balaban J connectivity index is 1.44. The zero-order valence-corrected chi connectivity index (χ0v) is 18.1. The van der Waals surface area contributed by atoms with Crippen molar-refractivity contribution in [2.45, 2.75) is 20.4 Å². The molecule has 7 heteroatoms. The molecule has 0 saturated carbocycles. The van der Waals surface area contributed by atoms with Crippen molar-refractivity contribution < 1.29 is 9.47 Å². The molecule has 0 spiro atoms.